The highest BCUT2D eigenvalue weighted by Gasteiger charge is 2.21. The summed E-state index contributed by atoms with van der Waals surface area (Å²) in [6.45, 7) is 1.89. The molecule has 2 N–H and O–H groups in total. The number of amides is 2. The molecule has 3 aromatic carbocycles. The van der Waals surface area contributed by atoms with Crippen molar-refractivity contribution >= 4 is 73.8 Å². The van der Waals surface area contributed by atoms with Crippen molar-refractivity contribution in [2.45, 2.75) is 22.9 Å². The first-order chi connectivity index (χ1) is 16.8. The first-order valence-electron chi connectivity index (χ1n) is 10.5. The van der Waals surface area contributed by atoms with Gasteiger partial charge in [-0.25, -0.2) is 4.98 Å². The molecule has 0 saturated carbocycles. The van der Waals surface area contributed by atoms with E-state index in [1.165, 1.54) is 41.3 Å². The Balaban J connectivity index is 1.46. The fourth-order valence-corrected chi connectivity index (χ4v) is 5.73. The van der Waals surface area contributed by atoms with Gasteiger partial charge in [-0.2, -0.15) is 0 Å². The molecule has 8 nitrogen and oxygen atoms in total. The summed E-state index contributed by atoms with van der Waals surface area (Å²) in [5.74, 6) is -0.567. The van der Waals surface area contributed by atoms with E-state index in [0.717, 1.165) is 10.2 Å². The first kappa shape index (κ1) is 24.6. The SMILES string of the molecule is CCC(Sc1nc2ccc(NC(=O)c3ccccc3Cl)cc2s1)C(=O)Nc1cccc([N+](=O)[O-])c1. The molecule has 2 amide bonds. The van der Waals surface area contributed by atoms with Crippen LogP contribution in [0.2, 0.25) is 5.02 Å². The van der Waals surface area contributed by atoms with E-state index in [-0.39, 0.29) is 17.5 Å². The molecule has 1 heterocycles. The monoisotopic (exact) mass is 526 g/mol. The Morgan fingerprint density at radius 2 is 1.86 bits per heavy atom. The molecule has 0 bridgehead atoms. The van der Waals surface area contributed by atoms with Crippen molar-refractivity contribution in [1.82, 2.24) is 4.98 Å². The lowest BCUT2D eigenvalue weighted by Crippen LogP contribution is -2.24. The van der Waals surface area contributed by atoms with Crippen LogP contribution in [0.15, 0.2) is 71.1 Å². The molecular weight excluding hydrogens is 508 g/mol. The number of halogens is 1. The fraction of sp³-hybridized carbons (Fsp3) is 0.125. The Morgan fingerprint density at radius 1 is 1.09 bits per heavy atom. The van der Waals surface area contributed by atoms with Crippen molar-refractivity contribution in [2.75, 3.05) is 10.6 Å². The summed E-state index contributed by atoms with van der Waals surface area (Å²) < 4.78 is 1.56. The highest BCUT2D eigenvalue weighted by molar-refractivity contribution is 8.02. The number of nitrogens with one attached hydrogen (secondary N) is 2. The number of nitrogens with zero attached hydrogens (tertiary/aromatic N) is 2. The number of carbonyl (C=O) groups excluding carboxylic acids is 2. The fourth-order valence-electron chi connectivity index (χ4n) is 3.24. The number of aromatic nitrogens is 1. The number of carbonyl (C=O) groups is 2. The molecule has 0 aliphatic carbocycles. The molecule has 0 aliphatic rings. The molecule has 0 spiro atoms. The number of fused-ring (bicyclic) bond motifs is 1. The Bertz CT molecular complexity index is 1430. The molecule has 1 aromatic heterocycles. The van der Waals surface area contributed by atoms with Gasteiger partial charge in [-0.3, -0.25) is 19.7 Å². The maximum absolute atomic E-state index is 12.8. The summed E-state index contributed by atoms with van der Waals surface area (Å²) >= 11 is 8.85. The molecule has 11 heteroatoms. The standard InChI is InChI=1S/C24H19ClN4O4S2/c1-2-20(23(31)27-14-6-5-7-16(12-14)29(32)33)34-24-28-19-11-10-15(13-21(19)35-24)26-22(30)17-8-3-4-9-18(17)25/h3-13,20H,2H2,1H3,(H,26,30)(H,27,31). The number of rotatable bonds is 8. The number of benzene rings is 3. The van der Waals surface area contributed by atoms with Crippen LogP contribution >= 0.6 is 34.7 Å². The number of hydrogen-bond donors (Lipinski definition) is 2. The lowest BCUT2D eigenvalue weighted by molar-refractivity contribution is -0.384. The Morgan fingerprint density at radius 3 is 2.60 bits per heavy atom. The van der Waals surface area contributed by atoms with Crippen molar-refractivity contribution in [2.24, 2.45) is 0 Å². The summed E-state index contributed by atoms with van der Waals surface area (Å²) in [5, 5.41) is 16.5. The molecule has 0 aliphatic heterocycles. The number of nitro groups is 1. The second-order valence-electron chi connectivity index (χ2n) is 7.41. The zero-order valence-corrected chi connectivity index (χ0v) is 20.7. The highest BCUT2D eigenvalue weighted by atomic mass is 35.5. The summed E-state index contributed by atoms with van der Waals surface area (Å²) in [7, 11) is 0. The maximum atomic E-state index is 12.8. The van der Waals surface area contributed by atoms with Crippen LogP contribution in [0.5, 0.6) is 0 Å². The first-order valence-corrected chi connectivity index (χ1v) is 12.6. The van der Waals surface area contributed by atoms with Gasteiger partial charge in [0, 0.05) is 23.5 Å². The van der Waals surface area contributed by atoms with Gasteiger partial charge in [0.2, 0.25) is 5.91 Å². The lowest BCUT2D eigenvalue weighted by atomic mass is 10.2. The molecule has 35 heavy (non-hydrogen) atoms. The summed E-state index contributed by atoms with van der Waals surface area (Å²) in [6.07, 6.45) is 0.542. The van der Waals surface area contributed by atoms with E-state index in [4.69, 9.17) is 11.6 Å². The van der Waals surface area contributed by atoms with Crippen molar-refractivity contribution < 1.29 is 14.5 Å². The van der Waals surface area contributed by atoms with Gasteiger partial charge in [0.25, 0.3) is 11.6 Å². The summed E-state index contributed by atoms with van der Waals surface area (Å²) in [5.41, 5.74) is 2.02. The average Bonchev–Trinajstić information content (AvgIpc) is 3.24. The van der Waals surface area contributed by atoms with Gasteiger partial charge < -0.3 is 10.6 Å². The van der Waals surface area contributed by atoms with Gasteiger partial charge >= 0.3 is 0 Å². The summed E-state index contributed by atoms with van der Waals surface area (Å²) in [4.78, 5) is 40.4. The topological polar surface area (TPSA) is 114 Å². The quantitative estimate of drug-likeness (QED) is 0.151. The molecule has 1 atom stereocenters. The van der Waals surface area contributed by atoms with Gasteiger partial charge in [-0.05, 0) is 42.8 Å². The third kappa shape index (κ3) is 5.97. The summed E-state index contributed by atoms with van der Waals surface area (Å²) in [6, 6.07) is 18.0. The number of nitro benzene ring substituents is 1. The maximum Gasteiger partial charge on any atom is 0.271 e. The van der Waals surface area contributed by atoms with E-state index in [9.17, 15) is 19.7 Å². The van der Waals surface area contributed by atoms with E-state index in [0.29, 0.717) is 32.7 Å². The molecular formula is C24H19ClN4O4S2. The number of hydrogen-bond acceptors (Lipinski definition) is 7. The molecule has 0 saturated heterocycles. The smallest absolute Gasteiger partial charge is 0.271 e. The molecule has 4 rings (SSSR count). The van der Waals surface area contributed by atoms with Crippen LogP contribution in [0.3, 0.4) is 0 Å². The van der Waals surface area contributed by atoms with E-state index in [1.54, 1.807) is 36.4 Å². The van der Waals surface area contributed by atoms with Crippen molar-refractivity contribution in [3.63, 3.8) is 0 Å². The minimum Gasteiger partial charge on any atom is -0.325 e. The van der Waals surface area contributed by atoms with Crippen molar-refractivity contribution in [3.8, 4) is 0 Å². The molecule has 178 valence electrons. The second-order valence-corrected chi connectivity index (χ2v) is 10.3. The van der Waals surface area contributed by atoms with E-state index >= 15 is 0 Å². The van der Waals surface area contributed by atoms with Crippen LogP contribution in [-0.4, -0.2) is 27.0 Å². The minimum atomic E-state index is -0.506. The third-order valence-corrected chi connectivity index (χ3v) is 7.78. The van der Waals surface area contributed by atoms with Crippen LogP contribution in [-0.2, 0) is 4.79 Å². The molecule has 0 fully saturated rings. The highest BCUT2D eigenvalue weighted by Crippen LogP contribution is 2.35. The van der Waals surface area contributed by atoms with Gasteiger partial charge in [0.15, 0.2) is 4.34 Å². The van der Waals surface area contributed by atoms with Gasteiger partial charge in [0.1, 0.15) is 0 Å². The second kappa shape index (κ2) is 10.9. The van der Waals surface area contributed by atoms with Crippen molar-refractivity contribution in [1.29, 1.82) is 0 Å². The van der Waals surface area contributed by atoms with Gasteiger partial charge in [0.05, 0.1) is 31.0 Å². The van der Waals surface area contributed by atoms with Gasteiger partial charge in [-0.1, -0.05) is 48.5 Å². The zero-order valence-electron chi connectivity index (χ0n) is 18.4. The Kier molecular flexibility index (Phi) is 7.64. The Hall–Kier alpha value is -3.47. The third-order valence-electron chi connectivity index (χ3n) is 4.98. The number of thiazole rings is 1. The van der Waals surface area contributed by atoms with E-state index in [1.807, 2.05) is 19.1 Å². The van der Waals surface area contributed by atoms with Crippen molar-refractivity contribution in [3.05, 3.63) is 87.4 Å². The largest absolute Gasteiger partial charge is 0.325 e. The minimum absolute atomic E-state index is 0.0906. The van der Waals surface area contributed by atoms with Crippen LogP contribution in [0.4, 0.5) is 17.1 Å². The van der Waals surface area contributed by atoms with E-state index < -0.39 is 10.2 Å². The predicted molar refractivity (Wildman–Crippen MR) is 141 cm³/mol. The average molecular weight is 527 g/mol. The van der Waals surface area contributed by atoms with Crippen LogP contribution in [0.25, 0.3) is 10.2 Å². The lowest BCUT2D eigenvalue weighted by Gasteiger charge is -2.13. The predicted octanol–water partition coefficient (Wildman–Crippen LogP) is 6.62. The molecule has 0 radical (unpaired) electrons. The normalized spacial score (nSPS) is 11.7. The van der Waals surface area contributed by atoms with Crippen LogP contribution in [0.1, 0.15) is 23.7 Å². The van der Waals surface area contributed by atoms with E-state index in [2.05, 4.69) is 15.6 Å². The number of non-ortho nitro benzene ring substituents is 1. The molecule has 4 aromatic rings. The number of anilines is 2. The number of thioether (sulfide) groups is 1. The zero-order chi connectivity index (χ0) is 24.9. The van der Waals surface area contributed by atoms with Crippen LogP contribution in [0, 0.1) is 10.1 Å². The molecule has 1 unspecified atom stereocenters. The Labute approximate surface area is 213 Å². The van der Waals surface area contributed by atoms with Gasteiger partial charge in [-0.15, -0.1) is 11.3 Å². The van der Waals surface area contributed by atoms with Crippen LogP contribution < -0.4 is 10.6 Å².